The lowest BCUT2D eigenvalue weighted by molar-refractivity contribution is -0.115. The van der Waals surface area contributed by atoms with Crippen molar-refractivity contribution >= 4 is 61.6 Å². The molecule has 4 aromatic carbocycles. The predicted molar refractivity (Wildman–Crippen MR) is 193 cm³/mol. The van der Waals surface area contributed by atoms with E-state index in [2.05, 4.69) is 50.0 Å². The van der Waals surface area contributed by atoms with E-state index in [1.807, 2.05) is 79.7 Å². The molecule has 7 rings (SSSR count). The first kappa shape index (κ1) is 30.8. The summed E-state index contributed by atoms with van der Waals surface area (Å²) < 4.78 is 8.01. The molecule has 0 unspecified atom stereocenters. The van der Waals surface area contributed by atoms with Crippen molar-refractivity contribution < 1.29 is 14.3 Å². The van der Waals surface area contributed by atoms with Gasteiger partial charge in [0.1, 0.15) is 16.6 Å². The highest BCUT2D eigenvalue weighted by molar-refractivity contribution is 8.32. The number of hydrogen-bond acceptors (Lipinski definition) is 7. The Kier molecular flexibility index (Phi) is 7.93. The minimum atomic E-state index is -1.14. The number of anilines is 5. The molecule has 3 amide bonds. The lowest BCUT2D eigenvalue weighted by Gasteiger charge is -2.21. The minimum absolute atomic E-state index is 0.0241. The number of nitrogens with zero attached hydrogens (tertiary/aromatic N) is 4. The van der Waals surface area contributed by atoms with Crippen LogP contribution in [0.4, 0.5) is 33.6 Å². The fraction of sp³-hybridized carbons (Fsp3) is 0.139. The van der Waals surface area contributed by atoms with Gasteiger partial charge in [-0.3, -0.25) is 10.1 Å². The summed E-state index contributed by atoms with van der Waals surface area (Å²) in [5, 5.41) is 19.4. The Labute approximate surface area is 279 Å². The molecule has 3 heterocycles. The van der Waals surface area contributed by atoms with E-state index in [-0.39, 0.29) is 5.91 Å². The van der Waals surface area contributed by atoms with Crippen LogP contribution in [0.3, 0.4) is 0 Å². The maximum Gasteiger partial charge on any atom is 0.324 e. The average Bonchev–Trinajstić information content (AvgIpc) is 3.65. The van der Waals surface area contributed by atoms with Crippen LogP contribution in [-0.4, -0.2) is 50.5 Å². The van der Waals surface area contributed by atoms with Crippen molar-refractivity contribution in [1.82, 2.24) is 19.7 Å². The van der Waals surface area contributed by atoms with Crippen molar-refractivity contribution in [3.63, 3.8) is 0 Å². The Morgan fingerprint density at radius 1 is 0.917 bits per heavy atom. The van der Waals surface area contributed by atoms with Gasteiger partial charge in [0.2, 0.25) is 17.7 Å². The predicted octanol–water partition coefficient (Wildman–Crippen LogP) is 7.85. The molecule has 1 aliphatic rings. The van der Waals surface area contributed by atoms with Gasteiger partial charge in [0.25, 0.3) is 0 Å². The third kappa shape index (κ3) is 6.51. The molecular weight excluding hydrogens is 625 g/mol. The van der Waals surface area contributed by atoms with Gasteiger partial charge in [-0.15, -0.1) is 0 Å². The summed E-state index contributed by atoms with van der Waals surface area (Å²) in [6.45, 7) is 2.03. The Balaban J connectivity index is 1.10. The number of hydrogen-bond donors (Lipinski definition) is 4. The molecule has 1 aliphatic heterocycles. The normalized spacial score (nSPS) is 12.7. The Hall–Kier alpha value is -5.88. The first-order valence-electron chi connectivity index (χ1n) is 15.2. The number of aryl methyl sites for hydroxylation is 1. The van der Waals surface area contributed by atoms with Crippen molar-refractivity contribution in [3.05, 3.63) is 108 Å². The number of nitrogens with one attached hydrogen (secondary N) is 4. The average molecular weight is 659 g/mol. The number of fused-ring (bicyclic) bond motifs is 2. The van der Waals surface area contributed by atoms with Crippen molar-refractivity contribution in [2.45, 2.75) is 18.4 Å². The van der Waals surface area contributed by atoms with Gasteiger partial charge in [-0.2, -0.15) is 10.1 Å². The Morgan fingerprint density at radius 2 is 1.71 bits per heavy atom. The highest BCUT2D eigenvalue weighted by Gasteiger charge is 2.20. The number of carbonyl (C=O) groups excluding carboxylic acids is 2. The fourth-order valence-corrected chi connectivity index (χ4v) is 6.15. The van der Waals surface area contributed by atoms with Gasteiger partial charge in [-0.05, 0) is 67.7 Å². The van der Waals surface area contributed by atoms with Crippen LogP contribution in [0.2, 0.25) is 0 Å². The summed E-state index contributed by atoms with van der Waals surface area (Å²) in [6.07, 6.45) is 8.49. The van der Waals surface area contributed by atoms with Crippen LogP contribution in [0.15, 0.2) is 102 Å². The molecule has 0 bridgehead atoms. The molecule has 0 atom stereocenters. The molecule has 0 saturated carbocycles. The van der Waals surface area contributed by atoms with E-state index in [4.69, 9.17) is 9.84 Å². The quantitative estimate of drug-likeness (QED) is 0.131. The van der Waals surface area contributed by atoms with Crippen LogP contribution in [0, 0.1) is 6.92 Å². The van der Waals surface area contributed by atoms with Gasteiger partial charge >= 0.3 is 6.03 Å². The molecular formula is C36H34N8O3S. The molecule has 4 N–H and O–H groups in total. The maximum absolute atomic E-state index is 13.4. The second-order valence-corrected chi connectivity index (χ2v) is 16.3. The Bertz CT molecular complexity index is 2190. The number of aromatic nitrogens is 4. The fourth-order valence-electron chi connectivity index (χ4n) is 5.36. The summed E-state index contributed by atoms with van der Waals surface area (Å²) in [6, 6.07) is 28.2. The van der Waals surface area contributed by atoms with Crippen LogP contribution in [-0.2, 0) is 11.2 Å². The van der Waals surface area contributed by atoms with Crippen molar-refractivity contribution in [3.8, 4) is 17.3 Å². The number of amides is 3. The van der Waals surface area contributed by atoms with E-state index in [1.165, 1.54) is 0 Å². The summed E-state index contributed by atoms with van der Waals surface area (Å²) in [4.78, 5) is 34.0. The van der Waals surface area contributed by atoms with Gasteiger partial charge < -0.3 is 20.7 Å². The molecule has 2 aromatic heterocycles. The molecule has 12 heteroatoms. The molecule has 11 nitrogen and oxygen atoms in total. The number of urea groups is 1. The third-order valence-electron chi connectivity index (χ3n) is 7.80. The van der Waals surface area contributed by atoms with Crippen LogP contribution in [0.25, 0.3) is 16.5 Å². The monoisotopic (exact) mass is 658 g/mol. The van der Waals surface area contributed by atoms with Gasteiger partial charge in [0, 0.05) is 40.5 Å². The number of carbonyl (C=O) groups is 2. The van der Waals surface area contributed by atoms with Crippen LogP contribution in [0.1, 0.15) is 11.1 Å². The van der Waals surface area contributed by atoms with Gasteiger partial charge in [0.05, 0.1) is 17.8 Å². The first-order chi connectivity index (χ1) is 23.1. The van der Waals surface area contributed by atoms with E-state index in [9.17, 15) is 9.59 Å². The summed E-state index contributed by atoms with van der Waals surface area (Å²) >= 11 is 0. The Morgan fingerprint density at radius 3 is 2.50 bits per heavy atom. The molecule has 0 saturated heterocycles. The van der Waals surface area contributed by atoms with E-state index in [1.54, 1.807) is 29.1 Å². The van der Waals surface area contributed by atoms with Gasteiger partial charge in [-0.1, -0.05) is 48.0 Å². The van der Waals surface area contributed by atoms with Gasteiger partial charge in [-0.25, -0.2) is 24.5 Å². The van der Waals surface area contributed by atoms with Crippen molar-refractivity contribution in [2.75, 3.05) is 40.0 Å². The van der Waals surface area contributed by atoms with Gasteiger partial charge in [0.15, 0.2) is 0 Å². The number of benzene rings is 4. The van der Waals surface area contributed by atoms with Crippen molar-refractivity contribution in [1.29, 1.82) is 0 Å². The molecule has 0 spiro atoms. The summed E-state index contributed by atoms with van der Waals surface area (Å²) in [5.74, 6) is 1.81. The van der Waals surface area contributed by atoms with E-state index >= 15 is 0 Å². The molecule has 0 radical (unpaired) electrons. The molecule has 0 fully saturated rings. The molecule has 242 valence electrons. The SMILES string of the molecule is Cc1ccc(-n2nc(S(C)(C)C)cc2NC(=O)Nc2ccc(Oc3ccnc(Nc4ccc5c(c4)NC(=O)C5)n3)c3ccccc23)cc1. The smallest absolute Gasteiger partial charge is 0.324 e. The van der Waals surface area contributed by atoms with Crippen LogP contribution < -0.4 is 26.0 Å². The molecule has 48 heavy (non-hydrogen) atoms. The van der Waals surface area contributed by atoms with Crippen LogP contribution >= 0.6 is 10.0 Å². The number of ether oxygens (including phenoxy) is 1. The van der Waals surface area contributed by atoms with E-state index < -0.39 is 16.1 Å². The standard InChI is InChI=1S/C36H34N8O3S/c1-22-9-13-25(14-10-22)44-31(21-34(43-44)48(2,3)4)41-36(46)40-28-15-16-30(27-8-6-5-7-26(27)28)47-33-17-18-37-35(42-33)38-24-12-11-23-19-32(45)39-29(23)20-24/h5-18,20-21H,19H2,1-4H3,(H,39,45)(H,37,38,42)(H2,40,41,46). The van der Waals surface area contributed by atoms with Crippen molar-refractivity contribution in [2.24, 2.45) is 0 Å². The third-order valence-corrected chi connectivity index (χ3v) is 9.26. The van der Waals surface area contributed by atoms with Crippen LogP contribution in [0.5, 0.6) is 11.6 Å². The van der Waals surface area contributed by atoms with E-state index in [0.29, 0.717) is 35.5 Å². The highest BCUT2D eigenvalue weighted by Crippen LogP contribution is 2.45. The summed E-state index contributed by atoms with van der Waals surface area (Å²) in [7, 11) is -1.14. The number of rotatable bonds is 8. The minimum Gasteiger partial charge on any atom is -0.438 e. The maximum atomic E-state index is 13.4. The first-order valence-corrected chi connectivity index (χ1v) is 18.1. The highest BCUT2D eigenvalue weighted by atomic mass is 32.3. The zero-order valence-electron chi connectivity index (χ0n) is 26.9. The summed E-state index contributed by atoms with van der Waals surface area (Å²) in [5.41, 5.74) is 5.09. The lowest BCUT2D eigenvalue weighted by atomic mass is 10.1. The van der Waals surface area contributed by atoms with E-state index in [0.717, 1.165) is 44.0 Å². The molecule has 6 aromatic rings. The second-order valence-electron chi connectivity index (χ2n) is 12.2. The zero-order valence-corrected chi connectivity index (χ0v) is 27.7. The zero-order chi connectivity index (χ0) is 33.4. The topological polar surface area (TPSA) is 135 Å². The molecule has 0 aliphatic carbocycles. The largest absolute Gasteiger partial charge is 0.438 e. The second kappa shape index (κ2) is 12.4. The lowest BCUT2D eigenvalue weighted by Crippen LogP contribution is -2.21.